The number of rotatable bonds is 3. The summed E-state index contributed by atoms with van der Waals surface area (Å²) in [6.45, 7) is 1.56. The van der Waals surface area contributed by atoms with Crippen molar-refractivity contribution in [1.82, 2.24) is 0 Å². The van der Waals surface area contributed by atoms with Crippen LogP contribution in [0.5, 0.6) is 0 Å². The number of benzene rings is 1. The van der Waals surface area contributed by atoms with E-state index in [0.29, 0.717) is 0 Å². The van der Waals surface area contributed by atoms with Crippen LogP contribution in [0.4, 0.5) is 13.2 Å². The lowest BCUT2D eigenvalue weighted by Gasteiger charge is -2.12. The Balaban J connectivity index is 3.40. The van der Waals surface area contributed by atoms with Crippen molar-refractivity contribution in [3.8, 4) is 6.07 Å². The van der Waals surface area contributed by atoms with Gasteiger partial charge in [0.05, 0.1) is 12.2 Å². The third kappa shape index (κ3) is 3.84. The number of alkyl halides is 3. The second-order valence-electron chi connectivity index (χ2n) is 3.59. The molecule has 0 fully saturated rings. The summed E-state index contributed by atoms with van der Waals surface area (Å²) in [7, 11) is 0. The quantitative estimate of drug-likeness (QED) is 0.472. The van der Waals surface area contributed by atoms with Crippen molar-refractivity contribution < 1.29 is 22.7 Å². The average molecular weight is 348 g/mol. The van der Waals surface area contributed by atoms with Gasteiger partial charge in [0.2, 0.25) is 0 Å². The van der Waals surface area contributed by atoms with Gasteiger partial charge in [0.25, 0.3) is 0 Å². The van der Waals surface area contributed by atoms with Gasteiger partial charge in [0.15, 0.2) is 0 Å². The van der Waals surface area contributed by atoms with Gasteiger partial charge in [-0.25, -0.2) is 4.79 Å². The van der Waals surface area contributed by atoms with Crippen molar-refractivity contribution in [2.24, 2.45) is 0 Å². The Hall–Kier alpha value is -1.81. The summed E-state index contributed by atoms with van der Waals surface area (Å²) >= 11 is 2.98. The highest BCUT2D eigenvalue weighted by Crippen LogP contribution is 2.36. The first kappa shape index (κ1) is 16.2. The Morgan fingerprint density at radius 3 is 2.65 bits per heavy atom. The molecule has 0 amide bonds. The molecule has 0 aliphatic heterocycles. The van der Waals surface area contributed by atoms with E-state index in [0.717, 1.165) is 12.1 Å². The van der Waals surface area contributed by atoms with Crippen LogP contribution in [-0.2, 0) is 15.7 Å². The number of halogens is 4. The summed E-state index contributed by atoms with van der Waals surface area (Å²) in [5.41, 5.74) is -1.72. The van der Waals surface area contributed by atoms with Crippen LogP contribution < -0.4 is 0 Å². The maximum atomic E-state index is 12.9. The van der Waals surface area contributed by atoms with Crippen LogP contribution in [0.3, 0.4) is 0 Å². The molecule has 0 aromatic heterocycles. The number of hydrogen-bond donors (Lipinski definition) is 0. The van der Waals surface area contributed by atoms with E-state index in [1.165, 1.54) is 25.1 Å². The van der Waals surface area contributed by atoms with Gasteiger partial charge in [0.1, 0.15) is 11.6 Å². The van der Waals surface area contributed by atoms with Crippen LogP contribution >= 0.6 is 15.9 Å². The van der Waals surface area contributed by atoms with Gasteiger partial charge < -0.3 is 4.74 Å². The van der Waals surface area contributed by atoms with Gasteiger partial charge in [-0.05, 0) is 25.1 Å². The molecular formula is C13H9BrF3NO2. The second kappa shape index (κ2) is 6.57. The van der Waals surface area contributed by atoms with E-state index in [2.05, 4.69) is 20.7 Å². The average Bonchev–Trinajstić information content (AvgIpc) is 2.36. The van der Waals surface area contributed by atoms with Crippen molar-refractivity contribution >= 4 is 28.0 Å². The molecule has 0 spiro atoms. The highest BCUT2D eigenvalue weighted by Gasteiger charge is 2.33. The predicted molar refractivity (Wildman–Crippen MR) is 69.4 cm³/mol. The maximum Gasteiger partial charge on any atom is 0.417 e. The molecule has 0 radical (unpaired) electrons. The highest BCUT2D eigenvalue weighted by atomic mass is 79.9. The van der Waals surface area contributed by atoms with Gasteiger partial charge in [-0.2, -0.15) is 18.4 Å². The second-order valence-corrected chi connectivity index (χ2v) is 4.44. The van der Waals surface area contributed by atoms with Crippen molar-refractivity contribution in [3.05, 3.63) is 39.4 Å². The van der Waals surface area contributed by atoms with E-state index in [-0.39, 0.29) is 16.6 Å². The Labute approximate surface area is 121 Å². The number of ether oxygens (including phenoxy) is 1. The molecule has 1 aromatic rings. The molecule has 20 heavy (non-hydrogen) atoms. The van der Waals surface area contributed by atoms with E-state index in [1.54, 1.807) is 0 Å². The zero-order valence-corrected chi connectivity index (χ0v) is 11.9. The third-order valence-corrected chi connectivity index (χ3v) is 2.95. The monoisotopic (exact) mass is 347 g/mol. The molecule has 1 rings (SSSR count). The molecule has 0 atom stereocenters. The van der Waals surface area contributed by atoms with Crippen LogP contribution in [0.1, 0.15) is 18.1 Å². The van der Waals surface area contributed by atoms with Crippen molar-refractivity contribution in [2.75, 3.05) is 6.61 Å². The Morgan fingerprint density at radius 2 is 2.15 bits per heavy atom. The van der Waals surface area contributed by atoms with Crippen LogP contribution in [0, 0.1) is 11.3 Å². The van der Waals surface area contributed by atoms with Crippen LogP contribution in [-0.4, -0.2) is 12.6 Å². The largest absolute Gasteiger partial charge is 0.462 e. The van der Waals surface area contributed by atoms with E-state index >= 15 is 0 Å². The van der Waals surface area contributed by atoms with E-state index < -0.39 is 23.3 Å². The lowest BCUT2D eigenvalue weighted by Crippen LogP contribution is -2.10. The van der Waals surface area contributed by atoms with E-state index in [4.69, 9.17) is 5.26 Å². The third-order valence-electron chi connectivity index (χ3n) is 2.26. The van der Waals surface area contributed by atoms with Gasteiger partial charge in [-0.1, -0.05) is 22.0 Å². The van der Waals surface area contributed by atoms with E-state index in [1.807, 2.05) is 0 Å². The standard InChI is InChI=1S/C13H9BrF3NO2/c1-2-20-12(19)8(7-18)6-9-10(13(15,16)17)4-3-5-11(9)14/h3-6H,2H2,1H3. The fourth-order valence-corrected chi connectivity index (χ4v) is 1.90. The first-order valence-corrected chi connectivity index (χ1v) is 6.25. The number of carbonyl (C=O) groups is 1. The fraction of sp³-hybridized carbons (Fsp3) is 0.231. The molecule has 1 aromatic carbocycles. The normalized spacial score (nSPS) is 11.9. The number of nitrogens with zero attached hydrogens (tertiary/aromatic N) is 1. The lowest BCUT2D eigenvalue weighted by molar-refractivity contribution is -0.139. The minimum absolute atomic E-state index is 0.0277. The van der Waals surface area contributed by atoms with Crippen LogP contribution in [0.25, 0.3) is 6.08 Å². The van der Waals surface area contributed by atoms with Gasteiger partial charge in [-0.15, -0.1) is 0 Å². The Morgan fingerprint density at radius 1 is 1.50 bits per heavy atom. The topological polar surface area (TPSA) is 50.1 Å². The van der Waals surface area contributed by atoms with Crippen LogP contribution in [0.15, 0.2) is 28.2 Å². The smallest absolute Gasteiger partial charge is 0.417 e. The fourth-order valence-electron chi connectivity index (χ4n) is 1.42. The van der Waals surface area contributed by atoms with Gasteiger partial charge >= 0.3 is 12.1 Å². The lowest BCUT2D eigenvalue weighted by atomic mass is 10.0. The highest BCUT2D eigenvalue weighted by molar-refractivity contribution is 9.10. The molecule has 0 saturated heterocycles. The molecule has 0 aliphatic carbocycles. The maximum absolute atomic E-state index is 12.9. The van der Waals surface area contributed by atoms with E-state index in [9.17, 15) is 18.0 Å². The van der Waals surface area contributed by atoms with Gasteiger partial charge in [0, 0.05) is 10.0 Å². The molecule has 0 saturated carbocycles. The summed E-state index contributed by atoms with van der Waals surface area (Å²) in [4.78, 5) is 11.4. The number of hydrogen-bond acceptors (Lipinski definition) is 3. The molecular weight excluding hydrogens is 339 g/mol. The van der Waals surface area contributed by atoms with Crippen molar-refractivity contribution in [2.45, 2.75) is 13.1 Å². The molecule has 0 N–H and O–H groups in total. The zero-order chi connectivity index (χ0) is 15.3. The van der Waals surface area contributed by atoms with Crippen molar-refractivity contribution in [1.29, 1.82) is 5.26 Å². The molecule has 0 heterocycles. The first-order chi connectivity index (χ1) is 9.31. The van der Waals surface area contributed by atoms with Gasteiger partial charge in [-0.3, -0.25) is 0 Å². The molecule has 0 unspecified atom stereocenters. The van der Waals surface area contributed by atoms with Crippen LogP contribution in [0.2, 0.25) is 0 Å². The zero-order valence-electron chi connectivity index (χ0n) is 10.3. The minimum Gasteiger partial charge on any atom is -0.462 e. The number of esters is 1. The number of carbonyl (C=O) groups excluding carboxylic acids is 1. The minimum atomic E-state index is -4.59. The summed E-state index contributed by atoms with van der Waals surface area (Å²) in [5.74, 6) is -0.959. The molecule has 0 aliphatic rings. The molecule has 106 valence electrons. The van der Waals surface area contributed by atoms with Crippen molar-refractivity contribution in [3.63, 3.8) is 0 Å². The Bertz CT molecular complexity index is 588. The summed E-state index contributed by atoms with van der Waals surface area (Å²) < 4.78 is 43.4. The molecule has 7 heteroatoms. The first-order valence-electron chi connectivity index (χ1n) is 5.45. The number of nitriles is 1. The molecule has 3 nitrogen and oxygen atoms in total. The SMILES string of the molecule is CCOC(=O)C(C#N)=Cc1c(Br)cccc1C(F)(F)F. The summed E-state index contributed by atoms with van der Waals surface area (Å²) in [6.07, 6.45) is -3.73. The summed E-state index contributed by atoms with van der Waals surface area (Å²) in [5, 5.41) is 8.85. The summed E-state index contributed by atoms with van der Waals surface area (Å²) in [6, 6.07) is 5.02. The Kier molecular flexibility index (Phi) is 5.34. The predicted octanol–water partition coefficient (Wildman–Crippen LogP) is 3.94. The molecule has 0 bridgehead atoms.